The Labute approximate surface area is 345 Å². The van der Waals surface area contributed by atoms with Gasteiger partial charge in [-0.1, -0.05) is 36.3 Å². The molecule has 60 heavy (non-hydrogen) atoms. The monoisotopic (exact) mass is 829 g/mol. The first-order valence-corrected chi connectivity index (χ1v) is 22.0. The Morgan fingerprint density at radius 2 is 1.82 bits per heavy atom. The van der Waals surface area contributed by atoms with Gasteiger partial charge >= 0.3 is 6.01 Å². The summed E-state index contributed by atoms with van der Waals surface area (Å²) < 4.78 is 73.0. The lowest BCUT2D eigenvalue weighted by Crippen LogP contribution is -2.51. The summed E-state index contributed by atoms with van der Waals surface area (Å²) in [7, 11) is -3.95. The van der Waals surface area contributed by atoms with E-state index in [0.717, 1.165) is 49.2 Å². The van der Waals surface area contributed by atoms with Crippen LogP contribution in [0.5, 0.6) is 11.8 Å². The van der Waals surface area contributed by atoms with Crippen LogP contribution in [-0.4, -0.2) is 99.0 Å². The van der Waals surface area contributed by atoms with Crippen molar-refractivity contribution < 1.29 is 26.7 Å². The lowest BCUT2D eigenvalue weighted by atomic mass is 9.94. The van der Waals surface area contributed by atoms with Crippen molar-refractivity contribution in [3.05, 3.63) is 90.1 Å². The molecule has 16 heteroatoms. The smallest absolute Gasteiger partial charge is 0.319 e. The molecule has 4 atom stereocenters. The van der Waals surface area contributed by atoms with E-state index >= 15 is 4.39 Å². The minimum atomic E-state index is -3.95. The number of piperazine rings is 1. The molecule has 2 unspecified atom stereocenters. The number of rotatable bonds is 10. The van der Waals surface area contributed by atoms with Gasteiger partial charge in [-0.3, -0.25) is 9.88 Å². The van der Waals surface area contributed by atoms with Crippen LogP contribution in [0, 0.1) is 24.0 Å². The first-order chi connectivity index (χ1) is 29.2. The molecule has 7 heterocycles. The van der Waals surface area contributed by atoms with Gasteiger partial charge in [0.2, 0.25) is 0 Å². The highest BCUT2D eigenvalue weighted by Crippen LogP contribution is 2.42. The molecule has 0 spiro atoms. The number of anilines is 1. The normalized spacial score (nSPS) is 23.9. The molecule has 6 aromatic rings. The van der Waals surface area contributed by atoms with Crippen LogP contribution in [0.25, 0.3) is 32.9 Å². The maximum Gasteiger partial charge on any atom is 0.319 e. The van der Waals surface area contributed by atoms with E-state index in [1.807, 2.05) is 0 Å². The van der Waals surface area contributed by atoms with Crippen LogP contribution in [0.15, 0.2) is 72.0 Å². The van der Waals surface area contributed by atoms with E-state index in [1.165, 1.54) is 24.5 Å². The van der Waals surface area contributed by atoms with E-state index in [-0.39, 0.29) is 58.4 Å². The molecule has 306 valence electrons. The molecule has 3 aromatic heterocycles. The minimum Gasteiger partial charge on any atom is -0.489 e. The van der Waals surface area contributed by atoms with Gasteiger partial charge in [0, 0.05) is 67.3 Å². The zero-order valence-electron chi connectivity index (χ0n) is 32.6. The van der Waals surface area contributed by atoms with Crippen LogP contribution in [0.4, 0.5) is 14.6 Å². The van der Waals surface area contributed by atoms with Crippen LogP contribution in [0.3, 0.4) is 0 Å². The SMILES string of the molecule is C#Cc1c(F)ccc2cccc(-c3ncc4c(N5CC6CCC(C5)N6)nc(OC[C@]56CCCN5C[C@H](Oc5cccc(S(=O)(=O)n7cnc(C8CC8)n7)c5)C6)nc4c3F)c12. The number of terminal acetylenes is 1. The summed E-state index contributed by atoms with van der Waals surface area (Å²) in [6.07, 6.45) is 14.8. The van der Waals surface area contributed by atoms with Gasteiger partial charge in [-0.2, -0.15) is 18.4 Å². The number of hydrogen-bond acceptors (Lipinski definition) is 12. The molecule has 5 aliphatic rings. The Hall–Kier alpha value is -5.76. The van der Waals surface area contributed by atoms with E-state index in [1.54, 1.807) is 42.6 Å². The van der Waals surface area contributed by atoms with Crippen molar-refractivity contribution in [1.82, 2.24) is 39.3 Å². The number of hydrogen-bond donors (Lipinski definition) is 1. The van der Waals surface area contributed by atoms with E-state index in [9.17, 15) is 12.8 Å². The third-order valence-electron chi connectivity index (χ3n) is 12.9. The topological polar surface area (TPSA) is 140 Å². The van der Waals surface area contributed by atoms with Crippen molar-refractivity contribution in [1.29, 1.82) is 0 Å². The molecule has 5 fully saturated rings. The van der Waals surface area contributed by atoms with Crippen molar-refractivity contribution in [2.45, 2.75) is 79.5 Å². The molecule has 11 rings (SSSR count). The van der Waals surface area contributed by atoms with Gasteiger partial charge in [0.05, 0.1) is 21.4 Å². The van der Waals surface area contributed by atoms with Crippen molar-refractivity contribution in [2.24, 2.45) is 0 Å². The Morgan fingerprint density at radius 3 is 2.63 bits per heavy atom. The summed E-state index contributed by atoms with van der Waals surface area (Å²) in [5.74, 6) is 2.98. The summed E-state index contributed by atoms with van der Waals surface area (Å²) >= 11 is 0. The number of nitrogens with one attached hydrogen (secondary N) is 1. The highest BCUT2D eigenvalue weighted by molar-refractivity contribution is 7.89. The lowest BCUT2D eigenvalue weighted by Gasteiger charge is -2.34. The molecule has 3 aromatic carbocycles. The Kier molecular flexibility index (Phi) is 8.80. The van der Waals surface area contributed by atoms with Gasteiger partial charge in [0.1, 0.15) is 47.6 Å². The Morgan fingerprint density at radius 1 is 0.983 bits per heavy atom. The summed E-state index contributed by atoms with van der Waals surface area (Å²) in [6, 6.07) is 15.3. The average Bonchev–Trinajstić information content (AvgIpc) is 3.51. The number of aromatic nitrogens is 6. The molecule has 0 amide bonds. The molecule has 1 aliphatic carbocycles. The van der Waals surface area contributed by atoms with Gasteiger partial charge in [0.25, 0.3) is 10.0 Å². The highest BCUT2D eigenvalue weighted by atomic mass is 32.2. The quantitative estimate of drug-likeness (QED) is 0.167. The molecular formula is C44H41F2N9O4S. The van der Waals surface area contributed by atoms with Crippen molar-refractivity contribution in [3.63, 3.8) is 0 Å². The predicted molar refractivity (Wildman–Crippen MR) is 219 cm³/mol. The molecular weight excluding hydrogens is 789 g/mol. The number of fused-ring (bicyclic) bond motifs is 5. The fraction of sp³-hybridized carbons (Fsp3) is 0.386. The number of nitrogens with zero attached hydrogens (tertiary/aromatic N) is 8. The van der Waals surface area contributed by atoms with Crippen LogP contribution in [-0.2, 0) is 10.0 Å². The van der Waals surface area contributed by atoms with E-state index in [2.05, 4.69) is 36.1 Å². The van der Waals surface area contributed by atoms with Crippen LogP contribution < -0.4 is 19.7 Å². The summed E-state index contributed by atoms with van der Waals surface area (Å²) in [5, 5.41) is 9.42. The number of halogens is 2. The van der Waals surface area contributed by atoms with Crippen molar-refractivity contribution in [2.75, 3.05) is 37.7 Å². The molecule has 4 saturated heterocycles. The maximum atomic E-state index is 17.1. The van der Waals surface area contributed by atoms with Crippen LogP contribution in [0.2, 0.25) is 0 Å². The first-order valence-electron chi connectivity index (χ1n) is 20.5. The molecule has 2 bridgehead atoms. The second-order valence-electron chi connectivity index (χ2n) is 16.8. The van der Waals surface area contributed by atoms with E-state index in [4.69, 9.17) is 25.9 Å². The summed E-state index contributed by atoms with van der Waals surface area (Å²) in [6.45, 7) is 3.09. The summed E-state index contributed by atoms with van der Waals surface area (Å²) in [4.78, 5) is 23.1. The lowest BCUT2D eigenvalue weighted by molar-refractivity contribution is 0.107. The Bertz CT molecular complexity index is 2850. The molecule has 0 radical (unpaired) electrons. The zero-order valence-corrected chi connectivity index (χ0v) is 33.4. The van der Waals surface area contributed by atoms with Crippen LogP contribution >= 0.6 is 0 Å². The largest absolute Gasteiger partial charge is 0.489 e. The second-order valence-corrected chi connectivity index (χ2v) is 18.6. The zero-order chi connectivity index (χ0) is 40.8. The van der Waals surface area contributed by atoms with Crippen LogP contribution in [0.1, 0.15) is 62.3 Å². The fourth-order valence-corrected chi connectivity index (χ4v) is 10.9. The third kappa shape index (κ3) is 6.33. The first kappa shape index (κ1) is 37.3. The van der Waals surface area contributed by atoms with Gasteiger partial charge in [0.15, 0.2) is 11.6 Å². The molecule has 1 saturated carbocycles. The summed E-state index contributed by atoms with van der Waals surface area (Å²) in [5.41, 5.74) is 0.0627. The predicted octanol–water partition coefficient (Wildman–Crippen LogP) is 5.82. The fourth-order valence-electron chi connectivity index (χ4n) is 9.84. The molecule has 13 nitrogen and oxygen atoms in total. The number of pyridine rings is 1. The number of benzene rings is 3. The van der Waals surface area contributed by atoms with Gasteiger partial charge in [-0.25, -0.2) is 13.8 Å². The van der Waals surface area contributed by atoms with Crippen molar-refractivity contribution >= 4 is 37.5 Å². The van der Waals surface area contributed by atoms with E-state index in [0.29, 0.717) is 65.2 Å². The van der Waals surface area contributed by atoms with Gasteiger partial charge in [-0.05, 0) is 68.7 Å². The van der Waals surface area contributed by atoms with Gasteiger partial charge in [-0.15, -0.1) is 15.6 Å². The minimum absolute atomic E-state index is 0.00342. The highest BCUT2D eigenvalue weighted by Gasteiger charge is 2.50. The Balaban J connectivity index is 0.894. The van der Waals surface area contributed by atoms with E-state index < -0.39 is 27.2 Å². The third-order valence-corrected chi connectivity index (χ3v) is 14.4. The molecule has 4 aliphatic heterocycles. The maximum absolute atomic E-state index is 17.1. The van der Waals surface area contributed by atoms with Gasteiger partial charge < -0.3 is 19.7 Å². The molecule has 1 N–H and O–H groups in total. The second kappa shape index (κ2) is 14.2. The standard InChI is InChI=1S/C44H41F2N9O4S/c1-2-33-36(45)15-12-26-6-3-9-34(37(26)33)39-38(46)40-35(20-47-39)42(53-21-28-13-14-29(22-53)49-28)51-43(50-40)58-24-44-16-5-17-54(44)23-31(19-44)59-30-7-4-8-32(18-30)60(56,57)55-25-48-41(52-55)27-10-11-27/h1,3-4,6-9,12,15,18,20,25,27-29,31,49H,5,10-11,13-14,16-17,19,21-24H2/t28?,29?,31-,44-/m1/s1. The number of ether oxygens (including phenoxy) is 2. The van der Waals surface area contributed by atoms with Crippen molar-refractivity contribution in [3.8, 4) is 35.4 Å². The average molecular weight is 830 g/mol.